The number of morpholine rings is 1. The Morgan fingerprint density at radius 1 is 1.47 bits per heavy atom. The molecule has 3 heteroatoms. The lowest BCUT2D eigenvalue weighted by Gasteiger charge is -2.43. The van der Waals surface area contributed by atoms with Crippen molar-refractivity contribution in [1.82, 2.24) is 4.90 Å². The minimum atomic E-state index is -0.111. The highest BCUT2D eigenvalue weighted by molar-refractivity contribution is 5.85. The lowest BCUT2D eigenvalue weighted by Crippen LogP contribution is -2.56. The van der Waals surface area contributed by atoms with Crippen molar-refractivity contribution in [3.8, 4) is 0 Å². The van der Waals surface area contributed by atoms with Gasteiger partial charge >= 0.3 is 0 Å². The molecule has 2 fully saturated rings. The molecule has 1 saturated heterocycles. The van der Waals surface area contributed by atoms with Gasteiger partial charge in [-0.1, -0.05) is 0 Å². The van der Waals surface area contributed by atoms with Crippen LogP contribution in [0.3, 0.4) is 0 Å². The van der Waals surface area contributed by atoms with E-state index in [1.165, 1.54) is 0 Å². The van der Waals surface area contributed by atoms with Gasteiger partial charge in [0.1, 0.15) is 5.78 Å². The first kappa shape index (κ1) is 11.1. The second kappa shape index (κ2) is 3.87. The standard InChI is InChI=1S/C12H21NO2/c1-9-7-13(8-12(2,3)15-9)10-5-4-6-11(10)14/h9-10H,4-8H2,1-3H3. The van der Waals surface area contributed by atoms with E-state index < -0.39 is 0 Å². The van der Waals surface area contributed by atoms with Gasteiger partial charge in [0.05, 0.1) is 17.7 Å². The van der Waals surface area contributed by atoms with Crippen molar-refractivity contribution >= 4 is 5.78 Å². The van der Waals surface area contributed by atoms with Crippen LogP contribution in [0, 0.1) is 0 Å². The van der Waals surface area contributed by atoms with E-state index in [9.17, 15) is 4.79 Å². The van der Waals surface area contributed by atoms with Crippen molar-refractivity contribution in [2.45, 2.75) is 57.8 Å². The highest BCUT2D eigenvalue weighted by atomic mass is 16.5. The van der Waals surface area contributed by atoms with Crippen LogP contribution in [0.5, 0.6) is 0 Å². The molecule has 0 spiro atoms. The number of ether oxygens (including phenoxy) is 1. The van der Waals surface area contributed by atoms with Crippen LogP contribution >= 0.6 is 0 Å². The van der Waals surface area contributed by atoms with Crippen molar-refractivity contribution in [2.75, 3.05) is 13.1 Å². The number of Topliss-reactive ketones (excluding diaryl/α,β-unsaturated/α-hetero) is 1. The van der Waals surface area contributed by atoms with Crippen LogP contribution in [0.1, 0.15) is 40.0 Å². The van der Waals surface area contributed by atoms with Gasteiger partial charge in [0.15, 0.2) is 0 Å². The zero-order valence-electron chi connectivity index (χ0n) is 9.95. The first-order valence-electron chi connectivity index (χ1n) is 5.92. The Morgan fingerprint density at radius 2 is 2.20 bits per heavy atom. The number of ketones is 1. The molecule has 1 heterocycles. The molecular formula is C12H21NO2. The minimum Gasteiger partial charge on any atom is -0.370 e. The molecule has 1 aliphatic carbocycles. The van der Waals surface area contributed by atoms with E-state index in [0.29, 0.717) is 5.78 Å². The van der Waals surface area contributed by atoms with Gasteiger partial charge in [-0.2, -0.15) is 0 Å². The maximum absolute atomic E-state index is 11.7. The molecule has 2 atom stereocenters. The summed E-state index contributed by atoms with van der Waals surface area (Å²) in [6.07, 6.45) is 3.12. The van der Waals surface area contributed by atoms with E-state index in [2.05, 4.69) is 25.7 Å². The Kier molecular flexibility index (Phi) is 2.86. The number of carbonyl (C=O) groups is 1. The van der Waals surface area contributed by atoms with Crippen molar-refractivity contribution in [2.24, 2.45) is 0 Å². The molecule has 1 aliphatic heterocycles. The van der Waals surface area contributed by atoms with Crippen LogP contribution in [-0.2, 0) is 9.53 Å². The lowest BCUT2D eigenvalue weighted by molar-refractivity contribution is -0.145. The lowest BCUT2D eigenvalue weighted by atomic mass is 10.0. The van der Waals surface area contributed by atoms with E-state index in [1.807, 2.05) is 0 Å². The Hall–Kier alpha value is -0.410. The Labute approximate surface area is 91.8 Å². The number of nitrogens with zero attached hydrogens (tertiary/aromatic N) is 1. The SMILES string of the molecule is CC1CN(C2CCCC2=O)CC(C)(C)O1. The van der Waals surface area contributed by atoms with Crippen molar-refractivity contribution < 1.29 is 9.53 Å². The summed E-state index contributed by atoms with van der Waals surface area (Å²) in [7, 11) is 0. The number of hydrogen-bond donors (Lipinski definition) is 0. The van der Waals surface area contributed by atoms with Crippen LogP contribution in [0.2, 0.25) is 0 Å². The molecule has 0 bridgehead atoms. The van der Waals surface area contributed by atoms with Gasteiger partial charge in [0.2, 0.25) is 0 Å². The zero-order valence-corrected chi connectivity index (χ0v) is 9.95. The van der Waals surface area contributed by atoms with Gasteiger partial charge in [-0.05, 0) is 33.6 Å². The summed E-state index contributed by atoms with van der Waals surface area (Å²) in [5.74, 6) is 0.430. The molecule has 2 unspecified atom stereocenters. The van der Waals surface area contributed by atoms with E-state index in [-0.39, 0.29) is 17.7 Å². The van der Waals surface area contributed by atoms with Gasteiger partial charge in [-0.15, -0.1) is 0 Å². The monoisotopic (exact) mass is 211 g/mol. The molecule has 0 aromatic carbocycles. The smallest absolute Gasteiger partial charge is 0.149 e. The van der Waals surface area contributed by atoms with Gasteiger partial charge in [-0.3, -0.25) is 9.69 Å². The van der Waals surface area contributed by atoms with Crippen LogP contribution in [-0.4, -0.2) is 41.5 Å². The average Bonchev–Trinajstić information content (AvgIpc) is 2.47. The molecule has 3 nitrogen and oxygen atoms in total. The maximum Gasteiger partial charge on any atom is 0.149 e. The average molecular weight is 211 g/mol. The summed E-state index contributed by atoms with van der Waals surface area (Å²) in [6, 6.07) is 0.177. The second-order valence-corrected chi connectivity index (χ2v) is 5.49. The summed E-state index contributed by atoms with van der Waals surface area (Å²) < 4.78 is 5.85. The van der Waals surface area contributed by atoms with E-state index >= 15 is 0 Å². The minimum absolute atomic E-state index is 0.111. The highest BCUT2D eigenvalue weighted by Crippen LogP contribution is 2.27. The van der Waals surface area contributed by atoms with E-state index in [1.54, 1.807) is 0 Å². The summed E-state index contributed by atoms with van der Waals surface area (Å²) in [5.41, 5.74) is -0.111. The summed E-state index contributed by atoms with van der Waals surface area (Å²) in [5, 5.41) is 0. The van der Waals surface area contributed by atoms with Gasteiger partial charge in [0, 0.05) is 19.5 Å². The third-order valence-corrected chi connectivity index (χ3v) is 3.31. The highest BCUT2D eigenvalue weighted by Gasteiger charge is 2.38. The molecule has 0 aromatic rings. The zero-order chi connectivity index (χ0) is 11.1. The molecule has 86 valence electrons. The Morgan fingerprint density at radius 3 is 2.73 bits per heavy atom. The van der Waals surface area contributed by atoms with Gasteiger partial charge in [-0.25, -0.2) is 0 Å². The molecule has 2 rings (SSSR count). The first-order chi connectivity index (χ1) is 6.98. The molecule has 15 heavy (non-hydrogen) atoms. The third kappa shape index (κ3) is 2.40. The molecule has 0 aromatic heterocycles. The molecular weight excluding hydrogens is 190 g/mol. The normalized spacial score (nSPS) is 37.1. The van der Waals surface area contributed by atoms with Crippen molar-refractivity contribution in [3.05, 3.63) is 0 Å². The molecule has 0 amide bonds. The summed E-state index contributed by atoms with van der Waals surface area (Å²) in [4.78, 5) is 14.0. The summed E-state index contributed by atoms with van der Waals surface area (Å²) >= 11 is 0. The number of rotatable bonds is 1. The predicted molar refractivity (Wildman–Crippen MR) is 58.8 cm³/mol. The largest absolute Gasteiger partial charge is 0.370 e. The van der Waals surface area contributed by atoms with Crippen LogP contribution in [0.15, 0.2) is 0 Å². The van der Waals surface area contributed by atoms with E-state index in [4.69, 9.17) is 4.74 Å². The fourth-order valence-electron chi connectivity index (χ4n) is 2.92. The third-order valence-electron chi connectivity index (χ3n) is 3.31. The fraction of sp³-hybridized carbons (Fsp3) is 0.917. The Balaban J connectivity index is 2.05. The number of hydrogen-bond acceptors (Lipinski definition) is 3. The molecule has 0 N–H and O–H groups in total. The topological polar surface area (TPSA) is 29.5 Å². The second-order valence-electron chi connectivity index (χ2n) is 5.49. The maximum atomic E-state index is 11.7. The Bertz CT molecular complexity index is 262. The molecule has 1 saturated carbocycles. The van der Waals surface area contributed by atoms with Gasteiger partial charge in [0.25, 0.3) is 0 Å². The van der Waals surface area contributed by atoms with Crippen LogP contribution in [0.25, 0.3) is 0 Å². The van der Waals surface area contributed by atoms with E-state index in [0.717, 1.165) is 32.4 Å². The first-order valence-corrected chi connectivity index (χ1v) is 5.92. The van der Waals surface area contributed by atoms with Gasteiger partial charge < -0.3 is 4.74 Å². The quantitative estimate of drug-likeness (QED) is 0.660. The molecule has 2 aliphatic rings. The van der Waals surface area contributed by atoms with Crippen LogP contribution < -0.4 is 0 Å². The van der Waals surface area contributed by atoms with Crippen LogP contribution in [0.4, 0.5) is 0 Å². The number of carbonyl (C=O) groups excluding carboxylic acids is 1. The molecule has 0 radical (unpaired) electrons. The fourth-order valence-corrected chi connectivity index (χ4v) is 2.92. The van der Waals surface area contributed by atoms with Crippen molar-refractivity contribution in [1.29, 1.82) is 0 Å². The predicted octanol–water partition coefficient (Wildman–Crippen LogP) is 1.61. The summed E-state index contributed by atoms with van der Waals surface area (Å²) in [6.45, 7) is 8.09. The van der Waals surface area contributed by atoms with Crippen molar-refractivity contribution in [3.63, 3.8) is 0 Å².